The Balaban J connectivity index is 5.58. The van der Waals surface area contributed by atoms with Gasteiger partial charge in [-0.05, 0) is 19.8 Å². The third kappa shape index (κ3) is 4.07. The molecule has 1 unspecified atom stereocenters. The number of hydrogen-bond acceptors (Lipinski definition) is 3. The van der Waals surface area contributed by atoms with E-state index < -0.39 is 57.2 Å². The average molecular weight is 376 g/mol. The summed E-state index contributed by atoms with van der Waals surface area (Å²) in [6.07, 6.45) is -10.5. The van der Waals surface area contributed by atoms with Crippen molar-refractivity contribution in [3.8, 4) is 0 Å². The van der Waals surface area contributed by atoms with Crippen LogP contribution in [0.4, 0.5) is 30.7 Å². The molecule has 138 valence electrons. The van der Waals surface area contributed by atoms with E-state index in [9.17, 15) is 43.9 Å². The van der Waals surface area contributed by atoms with Crippen molar-refractivity contribution in [1.82, 2.24) is 0 Å². The number of sulfone groups is 1. The molecule has 0 aliphatic rings. The van der Waals surface area contributed by atoms with Gasteiger partial charge in [0.15, 0.2) is 14.6 Å². The highest BCUT2D eigenvalue weighted by Crippen LogP contribution is 2.49. The lowest BCUT2D eigenvalue weighted by atomic mass is 9.98. The quantitative estimate of drug-likeness (QED) is 0.660. The molecule has 0 aliphatic heterocycles. The minimum Gasteiger partial charge on any atom is -0.480 e. The Bertz CT molecular complexity index is 541. The average Bonchev–Trinajstić information content (AvgIpc) is 2.33. The monoisotopic (exact) mass is 376 g/mol. The number of alkyl halides is 7. The Morgan fingerprint density at radius 1 is 1.00 bits per heavy atom. The van der Waals surface area contributed by atoms with Crippen LogP contribution in [0.2, 0.25) is 0 Å². The van der Waals surface area contributed by atoms with Crippen LogP contribution < -0.4 is 0 Å². The van der Waals surface area contributed by atoms with Crippen LogP contribution in [-0.4, -0.2) is 48.0 Å². The highest BCUT2D eigenvalue weighted by atomic mass is 32.2. The predicted molar refractivity (Wildman–Crippen MR) is 65.3 cm³/mol. The Morgan fingerprint density at radius 3 is 1.74 bits per heavy atom. The van der Waals surface area contributed by atoms with Crippen molar-refractivity contribution < 1.29 is 49.1 Å². The van der Waals surface area contributed by atoms with E-state index in [1.165, 1.54) is 6.92 Å². The van der Waals surface area contributed by atoms with E-state index in [2.05, 4.69) is 0 Å². The van der Waals surface area contributed by atoms with Gasteiger partial charge in [-0.25, -0.2) is 8.42 Å². The van der Waals surface area contributed by atoms with E-state index in [-0.39, 0.29) is 6.42 Å². The number of carbonyl (C=O) groups is 1. The fourth-order valence-corrected chi connectivity index (χ4v) is 3.32. The molecule has 0 spiro atoms. The fourth-order valence-electron chi connectivity index (χ4n) is 1.65. The van der Waals surface area contributed by atoms with E-state index in [0.29, 0.717) is 6.92 Å². The molecule has 0 bridgehead atoms. The summed E-state index contributed by atoms with van der Waals surface area (Å²) in [5.41, 5.74) is 0. The van der Waals surface area contributed by atoms with Crippen LogP contribution >= 0.6 is 0 Å². The second-order valence-corrected chi connectivity index (χ2v) is 7.67. The molecule has 0 aromatic heterocycles. The van der Waals surface area contributed by atoms with Gasteiger partial charge in [0, 0.05) is 6.42 Å². The molecule has 1 N–H and O–H groups in total. The number of hydrogen-bond donors (Lipinski definition) is 1. The van der Waals surface area contributed by atoms with Crippen LogP contribution in [0, 0.1) is 0 Å². The van der Waals surface area contributed by atoms with Gasteiger partial charge < -0.3 is 5.11 Å². The van der Waals surface area contributed by atoms with Gasteiger partial charge in [0.25, 0.3) is 0 Å². The van der Waals surface area contributed by atoms with Crippen LogP contribution in [0.25, 0.3) is 0 Å². The largest absolute Gasteiger partial charge is 0.480 e. The number of carboxylic acid groups (broad SMARTS) is 1. The number of aliphatic carboxylic acids is 1. The minimum absolute atomic E-state index is 0.0830. The van der Waals surface area contributed by atoms with E-state index >= 15 is 0 Å². The molecule has 0 heterocycles. The first-order valence-electron chi connectivity index (χ1n) is 6.24. The predicted octanol–water partition coefficient (Wildman–Crippen LogP) is 3.27. The zero-order chi connectivity index (χ0) is 18.9. The van der Waals surface area contributed by atoms with Gasteiger partial charge in [-0.3, -0.25) is 4.79 Å². The molecular weight excluding hydrogens is 361 g/mol. The minimum atomic E-state index is -6.56. The molecule has 0 radical (unpaired) electrons. The van der Waals surface area contributed by atoms with Crippen LogP contribution in [0.1, 0.15) is 33.1 Å². The van der Waals surface area contributed by atoms with Crippen LogP contribution in [-0.2, 0) is 14.6 Å². The topological polar surface area (TPSA) is 71.4 Å². The Labute approximate surface area is 127 Å². The Morgan fingerprint density at radius 2 is 1.43 bits per heavy atom. The summed E-state index contributed by atoms with van der Waals surface area (Å²) in [6, 6.07) is 0. The number of carboxylic acids is 1. The standard InChI is InChI=1S/C11H15F7O4S/c1-3-6-23(21,22)8(2,7(19)20)4-5-9(12,13)10(14,15)11(16,17)18/h3-6H2,1-2H3,(H,19,20). The zero-order valence-electron chi connectivity index (χ0n) is 12.1. The highest BCUT2D eigenvalue weighted by Gasteiger charge is 2.72. The van der Waals surface area contributed by atoms with Gasteiger partial charge in [0.05, 0.1) is 5.75 Å². The molecule has 0 rings (SSSR count). The van der Waals surface area contributed by atoms with Gasteiger partial charge in [-0.2, -0.15) is 30.7 Å². The molecular formula is C11H15F7O4S. The van der Waals surface area contributed by atoms with E-state index in [1.54, 1.807) is 0 Å². The fraction of sp³-hybridized carbons (Fsp3) is 0.909. The van der Waals surface area contributed by atoms with Crippen molar-refractivity contribution in [1.29, 1.82) is 0 Å². The SMILES string of the molecule is CCCS(=O)(=O)C(C)(CCC(F)(F)C(F)(F)C(F)(F)F)C(=O)O. The van der Waals surface area contributed by atoms with Crippen molar-refractivity contribution >= 4 is 15.8 Å². The summed E-state index contributed by atoms with van der Waals surface area (Å²) in [7, 11) is -4.53. The van der Waals surface area contributed by atoms with Gasteiger partial charge in [0.2, 0.25) is 0 Å². The number of halogens is 7. The van der Waals surface area contributed by atoms with Gasteiger partial charge in [-0.15, -0.1) is 0 Å². The summed E-state index contributed by atoms with van der Waals surface area (Å²) in [5.74, 6) is -14.9. The smallest absolute Gasteiger partial charge is 0.459 e. The molecule has 23 heavy (non-hydrogen) atoms. The Hall–Kier alpha value is -1.07. The van der Waals surface area contributed by atoms with Crippen molar-refractivity contribution in [3.05, 3.63) is 0 Å². The van der Waals surface area contributed by atoms with Crippen molar-refractivity contribution in [2.75, 3.05) is 5.75 Å². The Kier molecular flexibility index (Phi) is 6.14. The lowest BCUT2D eigenvalue weighted by Crippen LogP contribution is -2.53. The molecule has 0 aliphatic carbocycles. The second kappa shape index (κ2) is 6.44. The first-order chi connectivity index (χ1) is 9.96. The van der Waals surface area contributed by atoms with Crippen LogP contribution in [0.15, 0.2) is 0 Å². The summed E-state index contributed by atoms with van der Waals surface area (Å²) >= 11 is 0. The third-order valence-corrected chi connectivity index (χ3v) is 6.04. The lowest BCUT2D eigenvalue weighted by molar-refractivity contribution is -0.355. The molecule has 0 aromatic rings. The van der Waals surface area contributed by atoms with E-state index in [4.69, 9.17) is 5.11 Å². The highest BCUT2D eigenvalue weighted by molar-refractivity contribution is 7.93. The van der Waals surface area contributed by atoms with Gasteiger partial charge in [-0.1, -0.05) is 6.92 Å². The normalized spacial score (nSPS) is 16.9. The maximum Gasteiger partial charge on any atom is 0.459 e. The molecule has 0 saturated heterocycles. The maximum absolute atomic E-state index is 13.2. The third-order valence-electron chi connectivity index (χ3n) is 3.34. The van der Waals surface area contributed by atoms with E-state index in [0.717, 1.165) is 0 Å². The molecule has 0 amide bonds. The summed E-state index contributed by atoms with van der Waals surface area (Å²) < 4.78 is 109. The first-order valence-corrected chi connectivity index (χ1v) is 7.89. The summed E-state index contributed by atoms with van der Waals surface area (Å²) in [4.78, 5) is 11.1. The molecule has 0 fully saturated rings. The van der Waals surface area contributed by atoms with Crippen molar-refractivity contribution in [2.45, 2.75) is 55.9 Å². The number of rotatable bonds is 8. The second-order valence-electron chi connectivity index (χ2n) is 5.13. The lowest BCUT2D eigenvalue weighted by Gasteiger charge is -2.31. The van der Waals surface area contributed by atoms with E-state index in [1.807, 2.05) is 0 Å². The van der Waals surface area contributed by atoms with Gasteiger partial charge in [0.1, 0.15) is 0 Å². The molecule has 0 aromatic carbocycles. The summed E-state index contributed by atoms with van der Waals surface area (Å²) in [5, 5.41) is 8.92. The zero-order valence-corrected chi connectivity index (χ0v) is 12.9. The molecule has 1 atom stereocenters. The summed E-state index contributed by atoms with van der Waals surface area (Å²) in [6.45, 7) is 1.84. The molecule has 4 nitrogen and oxygen atoms in total. The van der Waals surface area contributed by atoms with Crippen LogP contribution in [0.3, 0.4) is 0 Å². The van der Waals surface area contributed by atoms with Gasteiger partial charge >= 0.3 is 24.0 Å². The first kappa shape index (κ1) is 21.9. The maximum atomic E-state index is 13.2. The molecule has 0 saturated carbocycles. The molecule has 12 heteroatoms. The van der Waals surface area contributed by atoms with Crippen molar-refractivity contribution in [3.63, 3.8) is 0 Å². The van der Waals surface area contributed by atoms with Crippen LogP contribution in [0.5, 0.6) is 0 Å². The van der Waals surface area contributed by atoms with Crippen molar-refractivity contribution in [2.24, 2.45) is 0 Å².